The fourth-order valence-corrected chi connectivity index (χ4v) is 2.40. The highest BCUT2D eigenvalue weighted by Crippen LogP contribution is 2.27. The molecule has 2 aromatic carbocycles. The first kappa shape index (κ1) is 17.4. The van der Waals surface area contributed by atoms with E-state index < -0.39 is 0 Å². The number of carbonyl (C=O) groups excluding carboxylic acids is 1. The molecule has 1 N–H and O–H groups in total. The summed E-state index contributed by atoms with van der Waals surface area (Å²) in [6, 6.07) is 12.5. The summed E-state index contributed by atoms with van der Waals surface area (Å²) in [7, 11) is 1.99. The lowest BCUT2D eigenvalue weighted by atomic mass is 10.2. The predicted molar refractivity (Wildman–Crippen MR) is 96.0 cm³/mol. The highest BCUT2D eigenvalue weighted by Gasteiger charge is 2.08. The Hall–Kier alpha value is -1.91. The fourth-order valence-electron chi connectivity index (χ4n) is 1.94. The van der Waals surface area contributed by atoms with Crippen LogP contribution in [0.5, 0.6) is 5.75 Å². The summed E-state index contributed by atoms with van der Waals surface area (Å²) in [5.74, 6) is 0.165. The van der Waals surface area contributed by atoms with Crippen LogP contribution in [0, 0.1) is 0 Å². The van der Waals surface area contributed by atoms with Crippen LogP contribution >= 0.6 is 23.2 Å². The topological polar surface area (TPSA) is 41.6 Å². The molecule has 0 saturated carbocycles. The van der Waals surface area contributed by atoms with Crippen molar-refractivity contribution in [3.05, 3.63) is 52.5 Å². The Morgan fingerprint density at radius 2 is 2.00 bits per heavy atom. The Morgan fingerprint density at radius 3 is 2.70 bits per heavy atom. The molecular formula is C17H18Cl2N2O2. The second-order valence-corrected chi connectivity index (χ2v) is 5.82. The molecule has 23 heavy (non-hydrogen) atoms. The maximum absolute atomic E-state index is 12.0. The van der Waals surface area contributed by atoms with Crippen molar-refractivity contribution in [1.82, 2.24) is 0 Å². The van der Waals surface area contributed by atoms with E-state index in [1.165, 1.54) is 0 Å². The molecule has 0 unspecified atom stereocenters. The standard InChI is InChI=1S/C17H18Cl2N2O2/c1-3-21(2)14-6-4-5-13(10-14)20-17(22)11-23-16-8-7-12(18)9-15(16)19/h4-10H,3,11H2,1-2H3,(H,20,22). The lowest BCUT2D eigenvalue weighted by Crippen LogP contribution is -2.21. The first-order valence-electron chi connectivity index (χ1n) is 7.18. The van der Waals surface area contributed by atoms with Crippen LogP contribution in [0.4, 0.5) is 11.4 Å². The zero-order chi connectivity index (χ0) is 16.8. The van der Waals surface area contributed by atoms with E-state index in [1.807, 2.05) is 31.3 Å². The number of carbonyl (C=O) groups is 1. The van der Waals surface area contributed by atoms with E-state index in [0.29, 0.717) is 15.8 Å². The molecular weight excluding hydrogens is 335 g/mol. The van der Waals surface area contributed by atoms with Gasteiger partial charge in [-0.15, -0.1) is 0 Å². The van der Waals surface area contributed by atoms with Crippen molar-refractivity contribution in [3.8, 4) is 5.75 Å². The zero-order valence-electron chi connectivity index (χ0n) is 13.0. The second-order valence-electron chi connectivity index (χ2n) is 4.98. The maximum atomic E-state index is 12.0. The van der Waals surface area contributed by atoms with E-state index in [-0.39, 0.29) is 12.5 Å². The van der Waals surface area contributed by atoms with Crippen LogP contribution in [0.15, 0.2) is 42.5 Å². The molecule has 0 aliphatic carbocycles. The van der Waals surface area contributed by atoms with Gasteiger partial charge in [-0.05, 0) is 43.3 Å². The van der Waals surface area contributed by atoms with Gasteiger partial charge in [-0.25, -0.2) is 0 Å². The van der Waals surface area contributed by atoms with Crippen LogP contribution in [-0.2, 0) is 4.79 Å². The quantitative estimate of drug-likeness (QED) is 0.833. The molecule has 0 heterocycles. The SMILES string of the molecule is CCN(C)c1cccc(NC(=O)COc2ccc(Cl)cc2Cl)c1. The third kappa shape index (κ3) is 5.05. The van der Waals surface area contributed by atoms with Gasteiger partial charge in [0.25, 0.3) is 5.91 Å². The summed E-state index contributed by atoms with van der Waals surface area (Å²) >= 11 is 11.8. The molecule has 0 spiro atoms. The van der Waals surface area contributed by atoms with E-state index in [4.69, 9.17) is 27.9 Å². The molecule has 0 aliphatic heterocycles. The number of anilines is 2. The number of amides is 1. The number of nitrogens with one attached hydrogen (secondary N) is 1. The van der Waals surface area contributed by atoms with Crippen LogP contribution < -0.4 is 15.0 Å². The molecule has 0 aliphatic rings. The molecule has 0 bridgehead atoms. The van der Waals surface area contributed by atoms with Crippen LogP contribution in [-0.4, -0.2) is 26.1 Å². The van der Waals surface area contributed by atoms with Gasteiger partial charge >= 0.3 is 0 Å². The van der Waals surface area contributed by atoms with E-state index in [0.717, 1.165) is 17.9 Å². The summed E-state index contributed by atoms with van der Waals surface area (Å²) in [4.78, 5) is 14.1. The van der Waals surface area contributed by atoms with Crippen LogP contribution in [0.3, 0.4) is 0 Å². The Bertz CT molecular complexity index is 692. The molecule has 0 saturated heterocycles. The molecule has 0 fully saturated rings. The van der Waals surface area contributed by atoms with Gasteiger partial charge in [0.1, 0.15) is 5.75 Å². The minimum atomic E-state index is -0.257. The highest BCUT2D eigenvalue weighted by molar-refractivity contribution is 6.35. The first-order chi connectivity index (χ1) is 11.0. The number of ether oxygens (including phenoxy) is 1. The monoisotopic (exact) mass is 352 g/mol. The van der Waals surface area contributed by atoms with Gasteiger partial charge in [-0.1, -0.05) is 29.3 Å². The average molecular weight is 353 g/mol. The number of hydrogen-bond acceptors (Lipinski definition) is 3. The van der Waals surface area contributed by atoms with E-state index in [2.05, 4.69) is 17.1 Å². The number of halogens is 2. The van der Waals surface area contributed by atoms with Gasteiger partial charge in [0, 0.05) is 30.0 Å². The fraction of sp³-hybridized carbons (Fsp3) is 0.235. The van der Waals surface area contributed by atoms with Crippen molar-refractivity contribution in [2.24, 2.45) is 0 Å². The van der Waals surface area contributed by atoms with Crippen LogP contribution in [0.1, 0.15) is 6.92 Å². The largest absolute Gasteiger partial charge is 0.482 e. The average Bonchev–Trinajstić information content (AvgIpc) is 2.53. The van der Waals surface area contributed by atoms with Crippen molar-refractivity contribution >= 4 is 40.5 Å². The number of hydrogen-bond donors (Lipinski definition) is 1. The minimum Gasteiger partial charge on any atom is -0.482 e. The Labute approximate surface area is 146 Å². The second kappa shape index (κ2) is 8.09. The number of rotatable bonds is 6. The molecule has 1 amide bonds. The van der Waals surface area contributed by atoms with Crippen molar-refractivity contribution in [1.29, 1.82) is 0 Å². The first-order valence-corrected chi connectivity index (χ1v) is 7.94. The van der Waals surface area contributed by atoms with Gasteiger partial charge in [0.15, 0.2) is 6.61 Å². The lowest BCUT2D eigenvalue weighted by Gasteiger charge is -2.17. The molecule has 6 heteroatoms. The Kier molecular flexibility index (Phi) is 6.13. The number of nitrogens with zero attached hydrogens (tertiary/aromatic N) is 1. The predicted octanol–water partition coefficient (Wildman–Crippen LogP) is 4.47. The molecule has 0 atom stereocenters. The van der Waals surface area contributed by atoms with Crippen molar-refractivity contribution < 1.29 is 9.53 Å². The third-order valence-corrected chi connectivity index (χ3v) is 3.83. The molecule has 2 rings (SSSR count). The van der Waals surface area contributed by atoms with Gasteiger partial charge in [-0.3, -0.25) is 4.79 Å². The summed E-state index contributed by atoms with van der Waals surface area (Å²) < 4.78 is 5.41. The van der Waals surface area contributed by atoms with Gasteiger partial charge in [0.2, 0.25) is 0 Å². The van der Waals surface area contributed by atoms with E-state index in [9.17, 15) is 4.79 Å². The van der Waals surface area contributed by atoms with Gasteiger partial charge in [-0.2, -0.15) is 0 Å². The third-order valence-electron chi connectivity index (χ3n) is 3.30. The van der Waals surface area contributed by atoms with Crippen molar-refractivity contribution in [2.75, 3.05) is 30.4 Å². The molecule has 122 valence electrons. The smallest absolute Gasteiger partial charge is 0.262 e. The molecule has 0 radical (unpaired) electrons. The van der Waals surface area contributed by atoms with Crippen LogP contribution in [0.25, 0.3) is 0 Å². The van der Waals surface area contributed by atoms with E-state index in [1.54, 1.807) is 18.2 Å². The van der Waals surface area contributed by atoms with Crippen LogP contribution in [0.2, 0.25) is 10.0 Å². The minimum absolute atomic E-state index is 0.130. The molecule has 0 aromatic heterocycles. The summed E-state index contributed by atoms with van der Waals surface area (Å²) in [5.41, 5.74) is 1.76. The summed E-state index contributed by atoms with van der Waals surface area (Å²) in [6.07, 6.45) is 0. The van der Waals surface area contributed by atoms with Gasteiger partial charge < -0.3 is 15.0 Å². The Balaban J connectivity index is 1.94. The van der Waals surface area contributed by atoms with Crippen molar-refractivity contribution in [2.45, 2.75) is 6.92 Å². The van der Waals surface area contributed by atoms with E-state index >= 15 is 0 Å². The molecule has 4 nitrogen and oxygen atoms in total. The zero-order valence-corrected chi connectivity index (χ0v) is 14.5. The highest BCUT2D eigenvalue weighted by atomic mass is 35.5. The maximum Gasteiger partial charge on any atom is 0.262 e. The van der Waals surface area contributed by atoms with Crippen molar-refractivity contribution in [3.63, 3.8) is 0 Å². The lowest BCUT2D eigenvalue weighted by molar-refractivity contribution is -0.118. The van der Waals surface area contributed by atoms with Gasteiger partial charge in [0.05, 0.1) is 5.02 Å². The number of benzene rings is 2. The normalized spacial score (nSPS) is 10.3. The molecule has 2 aromatic rings. The summed E-state index contributed by atoms with van der Waals surface area (Å²) in [5, 5.41) is 3.69. The Morgan fingerprint density at radius 1 is 1.22 bits per heavy atom. The summed E-state index contributed by atoms with van der Waals surface area (Å²) in [6.45, 7) is 2.82.